The van der Waals surface area contributed by atoms with Gasteiger partial charge in [-0.25, -0.2) is 0 Å². The molecule has 1 N–H and O–H groups in total. The standard InChI is InChI=1S/C12H21NO2/c1-15-12(14)6-11(10-7-13-8-10)9-4-2-3-5-9/h9-11,13H,2-8H2,1H3. The van der Waals surface area contributed by atoms with E-state index >= 15 is 0 Å². The van der Waals surface area contributed by atoms with Crippen LogP contribution in [0.2, 0.25) is 0 Å². The lowest BCUT2D eigenvalue weighted by Gasteiger charge is -2.37. The fourth-order valence-electron chi connectivity index (χ4n) is 2.99. The molecule has 15 heavy (non-hydrogen) atoms. The number of esters is 1. The van der Waals surface area contributed by atoms with Gasteiger partial charge in [0.25, 0.3) is 0 Å². The fourth-order valence-corrected chi connectivity index (χ4v) is 2.99. The van der Waals surface area contributed by atoms with E-state index in [-0.39, 0.29) is 5.97 Å². The molecule has 2 aliphatic rings. The molecule has 86 valence electrons. The van der Waals surface area contributed by atoms with E-state index in [1.165, 1.54) is 32.8 Å². The van der Waals surface area contributed by atoms with Crippen LogP contribution in [-0.2, 0) is 9.53 Å². The molecule has 0 aromatic carbocycles. The minimum Gasteiger partial charge on any atom is -0.469 e. The van der Waals surface area contributed by atoms with Crippen LogP contribution >= 0.6 is 0 Å². The van der Waals surface area contributed by atoms with E-state index in [0.717, 1.165) is 19.0 Å². The summed E-state index contributed by atoms with van der Waals surface area (Å²) in [6.45, 7) is 2.19. The minimum atomic E-state index is -0.0289. The molecule has 2 fully saturated rings. The first-order chi connectivity index (χ1) is 7.31. The molecule has 0 bridgehead atoms. The van der Waals surface area contributed by atoms with Gasteiger partial charge in [-0.15, -0.1) is 0 Å². The van der Waals surface area contributed by atoms with Crippen molar-refractivity contribution in [2.45, 2.75) is 32.1 Å². The molecule has 0 aromatic rings. The van der Waals surface area contributed by atoms with Crippen molar-refractivity contribution < 1.29 is 9.53 Å². The third-order valence-electron chi connectivity index (χ3n) is 4.05. The van der Waals surface area contributed by atoms with Gasteiger partial charge in [0.1, 0.15) is 0 Å². The third kappa shape index (κ3) is 2.51. The fraction of sp³-hybridized carbons (Fsp3) is 0.917. The second kappa shape index (κ2) is 4.97. The molecule has 2 rings (SSSR count). The van der Waals surface area contributed by atoms with E-state index in [0.29, 0.717) is 18.3 Å². The van der Waals surface area contributed by atoms with Crippen molar-refractivity contribution in [3.63, 3.8) is 0 Å². The van der Waals surface area contributed by atoms with Crippen LogP contribution < -0.4 is 5.32 Å². The Bertz CT molecular complexity index is 220. The van der Waals surface area contributed by atoms with Crippen LogP contribution in [0.25, 0.3) is 0 Å². The van der Waals surface area contributed by atoms with Crippen LogP contribution in [0.1, 0.15) is 32.1 Å². The zero-order chi connectivity index (χ0) is 10.7. The summed E-state index contributed by atoms with van der Waals surface area (Å²) in [6, 6.07) is 0. The van der Waals surface area contributed by atoms with Crippen molar-refractivity contribution in [2.24, 2.45) is 17.8 Å². The van der Waals surface area contributed by atoms with Crippen LogP contribution in [0.3, 0.4) is 0 Å². The maximum Gasteiger partial charge on any atom is 0.305 e. The predicted molar refractivity (Wildman–Crippen MR) is 58.4 cm³/mol. The predicted octanol–water partition coefficient (Wildman–Crippen LogP) is 1.58. The number of ether oxygens (including phenoxy) is 1. The number of methoxy groups -OCH3 is 1. The second-order valence-corrected chi connectivity index (χ2v) is 4.91. The molecule has 1 atom stereocenters. The summed E-state index contributed by atoms with van der Waals surface area (Å²) in [7, 11) is 1.49. The van der Waals surface area contributed by atoms with Crippen molar-refractivity contribution in [3.8, 4) is 0 Å². The van der Waals surface area contributed by atoms with Crippen molar-refractivity contribution in [3.05, 3.63) is 0 Å². The highest BCUT2D eigenvalue weighted by molar-refractivity contribution is 5.69. The smallest absolute Gasteiger partial charge is 0.305 e. The van der Waals surface area contributed by atoms with Crippen LogP contribution in [0.4, 0.5) is 0 Å². The first-order valence-corrected chi connectivity index (χ1v) is 6.09. The lowest BCUT2D eigenvalue weighted by molar-refractivity contribution is -0.143. The zero-order valence-electron chi connectivity index (χ0n) is 9.50. The Morgan fingerprint density at radius 2 is 2.00 bits per heavy atom. The molecule has 3 heteroatoms. The Hall–Kier alpha value is -0.570. The normalized spacial score (nSPS) is 24.9. The zero-order valence-corrected chi connectivity index (χ0v) is 9.50. The average Bonchev–Trinajstić information content (AvgIpc) is 2.66. The van der Waals surface area contributed by atoms with E-state index in [1.54, 1.807) is 0 Å². The van der Waals surface area contributed by atoms with Gasteiger partial charge in [-0.3, -0.25) is 4.79 Å². The van der Waals surface area contributed by atoms with Gasteiger partial charge >= 0.3 is 5.97 Å². The summed E-state index contributed by atoms with van der Waals surface area (Å²) < 4.78 is 4.80. The first kappa shape index (κ1) is 10.9. The van der Waals surface area contributed by atoms with E-state index in [2.05, 4.69) is 5.32 Å². The molecule has 3 nitrogen and oxygen atoms in total. The molecule has 0 aromatic heterocycles. The van der Waals surface area contributed by atoms with Gasteiger partial charge in [0, 0.05) is 6.42 Å². The van der Waals surface area contributed by atoms with Crippen LogP contribution in [0.15, 0.2) is 0 Å². The molecule has 1 unspecified atom stereocenters. The van der Waals surface area contributed by atoms with E-state index in [1.807, 2.05) is 0 Å². The number of nitrogens with one attached hydrogen (secondary N) is 1. The van der Waals surface area contributed by atoms with E-state index < -0.39 is 0 Å². The largest absolute Gasteiger partial charge is 0.469 e. The van der Waals surface area contributed by atoms with Gasteiger partial charge in [0.15, 0.2) is 0 Å². The summed E-state index contributed by atoms with van der Waals surface area (Å²) >= 11 is 0. The molecule has 1 aliphatic heterocycles. The number of hydrogen-bond donors (Lipinski definition) is 1. The molecular weight excluding hydrogens is 190 g/mol. The number of carbonyl (C=O) groups excluding carboxylic acids is 1. The summed E-state index contributed by atoms with van der Waals surface area (Å²) in [6.07, 6.45) is 5.97. The summed E-state index contributed by atoms with van der Waals surface area (Å²) in [5.41, 5.74) is 0. The highest BCUT2D eigenvalue weighted by Gasteiger charge is 2.35. The molecule has 0 amide bonds. The molecular formula is C12H21NO2. The van der Waals surface area contributed by atoms with Gasteiger partial charge in [-0.2, -0.15) is 0 Å². The number of carbonyl (C=O) groups is 1. The summed E-state index contributed by atoms with van der Waals surface area (Å²) in [5.74, 6) is 2.03. The van der Waals surface area contributed by atoms with Crippen molar-refractivity contribution in [1.82, 2.24) is 5.32 Å². The van der Waals surface area contributed by atoms with Gasteiger partial charge in [-0.1, -0.05) is 25.7 Å². The number of rotatable bonds is 4. The Morgan fingerprint density at radius 1 is 1.33 bits per heavy atom. The van der Waals surface area contributed by atoms with Crippen LogP contribution in [-0.4, -0.2) is 26.2 Å². The lowest BCUT2D eigenvalue weighted by Crippen LogP contribution is -2.48. The van der Waals surface area contributed by atoms with Gasteiger partial charge in [-0.05, 0) is 30.8 Å². The first-order valence-electron chi connectivity index (χ1n) is 6.09. The monoisotopic (exact) mass is 211 g/mol. The highest BCUT2D eigenvalue weighted by atomic mass is 16.5. The molecule has 0 radical (unpaired) electrons. The second-order valence-electron chi connectivity index (χ2n) is 4.91. The molecule has 0 spiro atoms. The molecule has 1 heterocycles. The van der Waals surface area contributed by atoms with Crippen molar-refractivity contribution in [1.29, 1.82) is 0 Å². The average molecular weight is 211 g/mol. The maximum atomic E-state index is 11.4. The summed E-state index contributed by atoms with van der Waals surface area (Å²) in [4.78, 5) is 11.4. The van der Waals surface area contributed by atoms with Crippen LogP contribution in [0, 0.1) is 17.8 Å². The Kier molecular flexibility index (Phi) is 3.62. The van der Waals surface area contributed by atoms with Crippen LogP contribution in [0.5, 0.6) is 0 Å². The Morgan fingerprint density at radius 3 is 2.47 bits per heavy atom. The van der Waals surface area contributed by atoms with Crippen molar-refractivity contribution >= 4 is 5.97 Å². The van der Waals surface area contributed by atoms with Gasteiger partial charge in [0.05, 0.1) is 7.11 Å². The van der Waals surface area contributed by atoms with E-state index in [9.17, 15) is 4.79 Å². The van der Waals surface area contributed by atoms with Gasteiger partial charge in [0.2, 0.25) is 0 Å². The highest BCUT2D eigenvalue weighted by Crippen LogP contribution is 2.38. The molecule has 1 saturated carbocycles. The lowest BCUT2D eigenvalue weighted by atomic mass is 9.75. The molecule has 1 aliphatic carbocycles. The SMILES string of the molecule is COC(=O)CC(C1CCCC1)C1CNC1. The van der Waals surface area contributed by atoms with Crippen molar-refractivity contribution in [2.75, 3.05) is 20.2 Å². The van der Waals surface area contributed by atoms with Gasteiger partial charge < -0.3 is 10.1 Å². The summed E-state index contributed by atoms with van der Waals surface area (Å²) in [5, 5.41) is 3.30. The number of hydrogen-bond acceptors (Lipinski definition) is 3. The topological polar surface area (TPSA) is 38.3 Å². The minimum absolute atomic E-state index is 0.0289. The quantitative estimate of drug-likeness (QED) is 0.717. The Labute approximate surface area is 91.6 Å². The molecule has 1 saturated heterocycles. The van der Waals surface area contributed by atoms with E-state index in [4.69, 9.17) is 4.74 Å². The maximum absolute atomic E-state index is 11.4. The third-order valence-corrected chi connectivity index (χ3v) is 4.05. The Balaban J connectivity index is 1.91.